The van der Waals surface area contributed by atoms with E-state index in [1.54, 1.807) is 37.2 Å². The molecule has 0 saturated carbocycles. The van der Waals surface area contributed by atoms with Gasteiger partial charge in [0, 0.05) is 31.3 Å². The molecule has 0 amide bonds. The number of nitrogens with one attached hydrogen (secondary N) is 2. The van der Waals surface area contributed by atoms with Crippen LogP contribution in [0, 0.1) is 11.2 Å². The predicted molar refractivity (Wildman–Crippen MR) is 102 cm³/mol. The van der Waals surface area contributed by atoms with E-state index >= 15 is 0 Å². The Bertz CT molecular complexity index is 947. The summed E-state index contributed by atoms with van der Waals surface area (Å²) in [5.74, 6) is 0.642. The van der Waals surface area contributed by atoms with Gasteiger partial charge in [-0.25, -0.2) is 4.39 Å². The second kappa shape index (κ2) is 7.23. The Morgan fingerprint density at radius 1 is 1.15 bits per heavy atom. The summed E-state index contributed by atoms with van der Waals surface area (Å²) in [6.45, 7) is 3.97. The molecular weight excluding hydrogens is 331 g/mol. The van der Waals surface area contributed by atoms with Gasteiger partial charge in [0.05, 0.1) is 0 Å². The Morgan fingerprint density at radius 2 is 1.88 bits per heavy atom. The fraction of sp³-hybridized carbons (Fsp3) is 0.100. The number of nitrogens with zero attached hydrogens (tertiary/aromatic N) is 2. The molecule has 0 saturated heterocycles. The van der Waals surface area contributed by atoms with Crippen LogP contribution in [0.4, 0.5) is 10.2 Å². The lowest BCUT2D eigenvalue weighted by Crippen LogP contribution is -2.28. The summed E-state index contributed by atoms with van der Waals surface area (Å²) in [5.41, 5.74) is 2.46. The van der Waals surface area contributed by atoms with Crippen molar-refractivity contribution in [3.05, 3.63) is 78.3 Å². The van der Waals surface area contributed by atoms with Crippen LogP contribution in [0.25, 0.3) is 16.7 Å². The number of rotatable bonds is 4. The minimum atomic E-state index is -0.331. The second-order valence-corrected chi connectivity index (χ2v) is 5.98. The minimum absolute atomic E-state index is 0.175. The summed E-state index contributed by atoms with van der Waals surface area (Å²) in [6, 6.07) is 15.9. The lowest BCUT2D eigenvalue weighted by Gasteiger charge is -2.12. The number of hydrogen-bond donors (Lipinski definition) is 2. The molecule has 0 aliphatic heterocycles. The second-order valence-electron chi connectivity index (χ2n) is 5.98. The van der Waals surface area contributed by atoms with Gasteiger partial charge in [0.15, 0.2) is 17.5 Å². The fourth-order valence-electron chi connectivity index (χ4n) is 2.41. The molecule has 1 heterocycles. The van der Waals surface area contributed by atoms with Crippen LogP contribution in [0.5, 0.6) is 0 Å². The molecule has 3 aromatic rings. The molecular formula is C20H19FN4O. The van der Waals surface area contributed by atoms with Crippen molar-refractivity contribution in [2.75, 3.05) is 19.4 Å². The quantitative estimate of drug-likeness (QED) is 0.539. The van der Waals surface area contributed by atoms with E-state index in [-0.39, 0.29) is 11.8 Å². The molecule has 2 aromatic carbocycles. The van der Waals surface area contributed by atoms with Crippen LogP contribution in [0.2, 0.25) is 0 Å². The van der Waals surface area contributed by atoms with Gasteiger partial charge in [-0.1, -0.05) is 54.2 Å². The molecule has 0 fully saturated rings. The predicted octanol–water partition coefficient (Wildman–Crippen LogP) is 4.45. The van der Waals surface area contributed by atoms with E-state index in [1.807, 2.05) is 30.3 Å². The average molecular weight is 350 g/mol. The van der Waals surface area contributed by atoms with Gasteiger partial charge in [-0.05, 0) is 17.2 Å². The van der Waals surface area contributed by atoms with Gasteiger partial charge in [-0.15, -0.1) is 0 Å². The molecule has 0 atom stereocenters. The van der Waals surface area contributed by atoms with Gasteiger partial charge < -0.3 is 14.7 Å². The first kappa shape index (κ1) is 17.4. The number of guanidine groups is 1. The first-order valence-corrected chi connectivity index (χ1v) is 8.00. The van der Waals surface area contributed by atoms with Crippen LogP contribution in [-0.2, 0) is 0 Å². The largest absolute Gasteiger partial charge is 0.354 e. The lowest BCUT2D eigenvalue weighted by atomic mass is 9.99. The number of anilines is 1. The summed E-state index contributed by atoms with van der Waals surface area (Å²) >= 11 is 0. The molecule has 132 valence electrons. The van der Waals surface area contributed by atoms with E-state index < -0.39 is 0 Å². The van der Waals surface area contributed by atoms with Crippen LogP contribution >= 0.6 is 0 Å². The molecule has 0 aliphatic rings. The Morgan fingerprint density at radius 3 is 2.54 bits per heavy atom. The van der Waals surface area contributed by atoms with Crippen molar-refractivity contribution >= 4 is 17.4 Å². The highest BCUT2D eigenvalue weighted by Crippen LogP contribution is 2.29. The fourth-order valence-corrected chi connectivity index (χ4v) is 2.41. The molecule has 26 heavy (non-hydrogen) atoms. The summed E-state index contributed by atoms with van der Waals surface area (Å²) in [7, 11) is 3.48. The SMILES string of the molecule is C=C(c1ccc(-c2ccccc2)c(F)c1)c1cc(NC(=N)N(C)C)no1. The highest BCUT2D eigenvalue weighted by atomic mass is 19.1. The molecule has 6 heteroatoms. The maximum Gasteiger partial charge on any atom is 0.196 e. The van der Waals surface area contributed by atoms with E-state index in [4.69, 9.17) is 9.93 Å². The van der Waals surface area contributed by atoms with Crippen molar-refractivity contribution < 1.29 is 8.91 Å². The number of hydrogen-bond acceptors (Lipinski definition) is 3. The lowest BCUT2D eigenvalue weighted by molar-refractivity contribution is 0.413. The molecule has 5 nitrogen and oxygen atoms in total. The first-order valence-electron chi connectivity index (χ1n) is 8.00. The molecule has 1 aromatic heterocycles. The van der Waals surface area contributed by atoms with Gasteiger partial charge in [0.2, 0.25) is 0 Å². The zero-order valence-corrected chi connectivity index (χ0v) is 14.6. The third-order valence-electron chi connectivity index (χ3n) is 3.90. The zero-order chi connectivity index (χ0) is 18.7. The number of halogens is 1. The third-order valence-corrected chi connectivity index (χ3v) is 3.90. The minimum Gasteiger partial charge on any atom is -0.354 e. The van der Waals surface area contributed by atoms with Gasteiger partial charge in [0.1, 0.15) is 5.82 Å². The van der Waals surface area contributed by atoms with E-state index in [0.717, 1.165) is 5.56 Å². The highest BCUT2D eigenvalue weighted by Gasteiger charge is 2.13. The summed E-state index contributed by atoms with van der Waals surface area (Å²) < 4.78 is 19.8. The Labute approximate surface area is 151 Å². The first-order chi connectivity index (χ1) is 12.5. The summed E-state index contributed by atoms with van der Waals surface area (Å²) in [4.78, 5) is 1.60. The maximum atomic E-state index is 14.5. The standard InChI is InChI=1S/C20H19FN4O/c1-13(18-12-19(24-26-18)23-20(22)25(2)3)15-9-10-16(17(21)11-15)14-7-5-4-6-8-14/h4-12H,1H2,2-3H3,(H2,22,23,24). The average Bonchev–Trinajstić information content (AvgIpc) is 3.10. The van der Waals surface area contributed by atoms with Crippen molar-refractivity contribution in [3.63, 3.8) is 0 Å². The molecule has 0 bridgehead atoms. The molecule has 2 N–H and O–H groups in total. The van der Waals surface area contributed by atoms with Crippen LogP contribution in [0.1, 0.15) is 11.3 Å². The van der Waals surface area contributed by atoms with Crippen molar-refractivity contribution in [3.8, 4) is 11.1 Å². The van der Waals surface area contributed by atoms with Gasteiger partial charge in [-0.3, -0.25) is 5.41 Å². The Hall–Kier alpha value is -3.41. The van der Waals surface area contributed by atoms with Crippen LogP contribution in [0.3, 0.4) is 0 Å². The van der Waals surface area contributed by atoms with Gasteiger partial charge in [0.25, 0.3) is 0 Å². The molecule has 0 radical (unpaired) electrons. The van der Waals surface area contributed by atoms with Crippen LogP contribution in [0.15, 0.2) is 65.7 Å². The summed E-state index contributed by atoms with van der Waals surface area (Å²) in [5, 5.41) is 14.4. The van der Waals surface area contributed by atoms with Crippen LogP contribution < -0.4 is 5.32 Å². The van der Waals surface area contributed by atoms with Crippen molar-refractivity contribution in [2.45, 2.75) is 0 Å². The molecule has 3 rings (SSSR count). The van der Waals surface area contributed by atoms with E-state index in [1.165, 1.54) is 6.07 Å². The number of aromatic nitrogens is 1. The topological polar surface area (TPSA) is 65.2 Å². The Kier molecular flexibility index (Phi) is 4.84. The Balaban J connectivity index is 1.81. The maximum absolute atomic E-state index is 14.5. The molecule has 0 aliphatic carbocycles. The van der Waals surface area contributed by atoms with E-state index in [2.05, 4.69) is 17.1 Å². The van der Waals surface area contributed by atoms with Gasteiger partial charge >= 0.3 is 0 Å². The molecule has 0 unspecified atom stereocenters. The van der Waals surface area contributed by atoms with Gasteiger partial charge in [-0.2, -0.15) is 0 Å². The van der Waals surface area contributed by atoms with Crippen LogP contribution in [-0.4, -0.2) is 30.1 Å². The summed E-state index contributed by atoms with van der Waals surface area (Å²) in [6.07, 6.45) is 0. The van der Waals surface area contributed by atoms with Crippen molar-refractivity contribution in [1.29, 1.82) is 5.41 Å². The zero-order valence-electron chi connectivity index (χ0n) is 14.6. The normalized spacial score (nSPS) is 10.4. The van der Waals surface area contributed by atoms with E-state index in [9.17, 15) is 4.39 Å². The van der Waals surface area contributed by atoms with E-state index in [0.29, 0.717) is 28.3 Å². The van der Waals surface area contributed by atoms with Crippen molar-refractivity contribution in [2.24, 2.45) is 0 Å². The third kappa shape index (κ3) is 3.64. The highest BCUT2D eigenvalue weighted by molar-refractivity contribution is 5.90. The smallest absolute Gasteiger partial charge is 0.196 e. The number of benzene rings is 2. The monoisotopic (exact) mass is 350 g/mol. The van der Waals surface area contributed by atoms with Crippen molar-refractivity contribution in [1.82, 2.24) is 10.1 Å². The molecule has 0 spiro atoms.